The molecule has 0 saturated carbocycles. The SMILES string of the molecule is Cc1nc2ccccc2n1CC(=O)Nc1ccc(Br)cc1C(=O)O. The first kappa shape index (κ1) is 16.2. The molecule has 2 N–H and O–H groups in total. The van der Waals surface area contributed by atoms with Gasteiger partial charge in [-0.25, -0.2) is 9.78 Å². The van der Waals surface area contributed by atoms with E-state index in [1.165, 1.54) is 6.07 Å². The van der Waals surface area contributed by atoms with Crippen LogP contribution < -0.4 is 5.32 Å². The number of carbonyl (C=O) groups excluding carboxylic acids is 1. The summed E-state index contributed by atoms with van der Waals surface area (Å²) in [6.45, 7) is 1.89. The number of rotatable bonds is 4. The summed E-state index contributed by atoms with van der Waals surface area (Å²) >= 11 is 3.23. The summed E-state index contributed by atoms with van der Waals surface area (Å²) in [6, 6.07) is 12.2. The lowest BCUT2D eigenvalue weighted by molar-refractivity contribution is -0.116. The Kier molecular flexibility index (Phi) is 4.35. The molecule has 0 aliphatic carbocycles. The molecule has 3 aromatic rings. The third-order valence-electron chi connectivity index (χ3n) is 3.63. The largest absolute Gasteiger partial charge is 0.478 e. The van der Waals surface area contributed by atoms with E-state index < -0.39 is 5.97 Å². The van der Waals surface area contributed by atoms with Gasteiger partial charge >= 0.3 is 5.97 Å². The van der Waals surface area contributed by atoms with Gasteiger partial charge in [-0.15, -0.1) is 0 Å². The van der Waals surface area contributed by atoms with E-state index >= 15 is 0 Å². The third kappa shape index (κ3) is 3.16. The van der Waals surface area contributed by atoms with Gasteiger partial charge in [0.15, 0.2) is 0 Å². The summed E-state index contributed by atoms with van der Waals surface area (Å²) in [5.41, 5.74) is 1.97. The number of halogens is 1. The van der Waals surface area contributed by atoms with Crippen LogP contribution in [-0.2, 0) is 11.3 Å². The van der Waals surface area contributed by atoms with E-state index in [4.69, 9.17) is 0 Å². The standard InChI is InChI=1S/C17H14BrN3O3/c1-10-19-14-4-2-3-5-15(14)21(10)9-16(22)20-13-7-6-11(18)8-12(13)17(23)24/h2-8H,9H2,1H3,(H,20,22)(H,23,24). The van der Waals surface area contributed by atoms with Gasteiger partial charge in [0.1, 0.15) is 12.4 Å². The van der Waals surface area contributed by atoms with Crippen LogP contribution >= 0.6 is 15.9 Å². The zero-order chi connectivity index (χ0) is 17.3. The lowest BCUT2D eigenvalue weighted by Crippen LogP contribution is -2.21. The number of imidazole rings is 1. The average molecular weight is 388 g/mol. The van der Waals surface area contributed by atoms with E-state index in [9.17, 15) is 14.7 Å². The van der Waals surface area contributed by atoms with E-state index in [1.54, 1.807) is 16.7 Å². The highest BCUT2D eigenvalue weighted by atomic mass is 79.9. The molecule has 3 rings (SSSR count). The quantitative estimate of drug-likeness (QED) is 0.717. The number of para-hydroxylation sites is 2. The van der Waals surface area contributed by atoms with Crippen molar-refractivity contribution >= 4 is 44.5 Å². The Morgan fingerprint density at radius 1 is 1.25 bits per heavy atom. The summed E-state index contributed by atoms with van der Waals surface area (Å²) < 4.78 is 2.43. The number of carboxylic acid groups (broad SMARTS) is 1. The minimum absolute atomic E-state index is 0.0323. The number of fused-ring (bicyclic) bond motifs is 1. The number of benzene rings is 2. The number of aryl methyl sites for hydroxylation is 1. The molecule has 7 heteroatoms. The highest BCUT2D eigenvalue weighted by Crippen LogP contribution is 2.22. The monoisotopic (exact) mass is 387 g/mol. The fraction of sp³-hybridized carbons (Fsp3) is 0.118. The molecular weight excluding hydrogens is 374 g/mol. The van der Waals surface area contributed by atoms with Crippen molar-refractivity contribution < 1.29 is 14.7 Å². The second-order valence-electron chi connectivity index (χ2n) is 5.28. The number of nitrogens with one attached hydrogen (secondary N) is 1. The number of hydrogen-bond donors (Lipinski definition) is 2. The predicted molar refractivity (Wildman–Crippen MR) is 94.2 cm³/mol. The lowest BCUT2D eigenvalue weighted by atomic mass is 10.2. The molecule has 24 heavy (non-hydrogen) atoms. The maximum atomic E-state index is 12.4. The molecule has 1 aromatic heterocycles. The molecule has 0 fully saturated rings. The molecular formula is C17H14BrN3O3. The molecule has 122 valence electrons. The number of anilines is 1. The van der Waals surface area contributed by atoms with Gasteiger partial charge < -0.3 is 15.0 Å². The van der Waals surface area contributed by atoms with Crippen molar-refractivity contribution in [3.8, 4) is 0 Å². The van der Waals surface area contributed by atoms with E-state index in [2.05, 4.69) is 26.2 Å². The lowest BCUT2D eigenvalue weighted by Gasteiger charge is -2.11. The first-order valence-electron chi connectivity index (χ1n) is 7.20. The first-order chi connectivity index (χ1) is 11.5. The summed E-state index contributed by atoms with van der Waals surface area (Å²) in [4.78, 5) is 28.1. The summed E-state index contributed by atoms with van der Waals surface area (Å²) in [5.74, 6) is -0.692. The van der Waals surface area contributed by atoms with Crippen LogP contribution in [0.4, 0.5) is 5.69 Å². The van der Waals surface area contributed by atoms with Crippen molar-refractivity contribution in [3.05, 3.63) is 58.3 Å². The van der Waals surface area contributed by atoms with Crippen molar-refractivity contribution in [2.75, 3.05) is 5.32 Å². The Hall–Kier alpha value is -2.67. The Bertz CT molecular complexity index is 949. The number of nitrogens with zero attached hydrogens (tertiary/aromatic N) is 2. The van der Waals surface area contributed by atoms with Crippen LogP contribution in [0.1, 0.15) is 16.2 Å². The normalized spacial score (nSPS) is 10.8. The second-order valence-corrected chi connectivity index (χ2v) is 6.19. The first-order valence-corrected chi connectivity index (χ1v) is 7.99. The number of carboxylic acids is 1. The van der Waals surface area contributed by atoms with Crippen molar-refractivity contribution in [2.45, 2.75) is 13.5 Å². The van der Waals surface area contributed by atoms with Crippen LogP contribution in [0.25, 0.3) is 11.0 Å². The van der Waals surface area contributed by atoms with Crippen molar-refractivity contribution in [1.82, 2.24) is 9.55 Å². The van der Waals surface area contributed by atoms with Gasteiger partial charge in [0.05, 0.1) is 22.3 Å². The maximum Gasteiger partial charge on any atom is 0.337 e. The molecule has 0 atom stereocenters. The van der Waals surface area contributed by atoms with Crippen LogP contribution in [-0.4, -0.2) is 26.5 Å². The molecule has 1 amide bonds. The van der Waals surface area contributed by atoms with E-state index in [1.807, 2.05) is 31.2 Å². The Morgan fingerprint density at radius 3 is 2.75 bits per heavy atom. The van der Waals surface area contributed by atoms with Crippen LogP contribution in [0.15, 0.2) is 46.9 Å². The van der Waals surface area contributed by atoms with E-state index in [-0.39, 0.29) is 23.7 Å². The van der Waals surface area contributed by atoms with Gasteiger partial charge in [-0.1, -0.05) is 28.1 Å². The zero-order valence-corrected chi connectivity index (χ0v) is 14.4. The van der Waals surface area contributed by atoms with Crippen LogP contribution in [0.2, 0.25) is 0 Å². The predicted octanol–water partition coefficient (Wildman–Crippen LogP) is 3.44. The average Bonchev–Trinajstić information content (AvgIpc) is 2.85. The minimum atomic E-state index is -1.10. The molecule has 0 aliphatic heterocycles. The van der Waals surface area contributed by atoms with Gasteiger partial charge in [0, 0.05) is 4.47 Å². The van der Waals surface area contributed by atoms with Crippen molar-refractivity contribution in [1.29, 1.82) is 0 Å². The summed E-state index contributed by atoms with van der Waals surface area (Å²) in [6.07, 6.45) is 0. The van der Waals surface area contributed by atoms with Gasteiger partial charge in [-0.05, 0) is 37.3 Å². The Morgan fingerprint density at radius 2 is 2.00 bits per heavy atom. The van der Waals surface area contributed by atoms with Crippen LogP contribution in [0.3, 0.4) is 0 Å². The summed E-state index contributed by atoms with van der Waals surface area (Å²) in [5, 5.41) is 11.9. The smallest absolute Gasteiger partial charge is 0.337 e. The second kappa shape index (κ2) is 6.45. The zero-order valence-electron chi connectivity index (χ0n) is 12.8. The minimum Gasteiger partial charge on any atom is -0.478 e. The van der Waals surface area contributed by atoms with E-state index in [0.29, 0.717) is 4.47 Å². The Balaban J connectivity index is 1.86. The topological polar surface area (TPSA) is 84.2 Å². The maximum absolute atomic E-state index is 12.4. The molecule has 0 unspecified atom stereocenters. The molecule has 6 nitrogen and oxygen atoms in total. The highest BCUT2D eigenvalue weighted by Gasteiger charge is 2.15. The number of aromatic nitrogens is 2. The third-order valence-corrected chi connectivity index (χ3v) is 4.13. The van der Waals surface area contributed by atoms with Gasteiger partial charge in [-0.2, -0.15) is 0 Å². The molecule has 1 heterocycles. The molecule has 0 saturated heterocycles. The van der Waals surface area contributed by atoms with Gasteiger partial charge in [0.25, 0.3) is 0 Å². The van der Waals surface area contributed by atoms with Crippen LogP contribution in [0.5, 0.6) is 0 Å². The van der Waals surface area contributed by atoms with E-state index in [0.717, 1.165) is 16.9 Å². The van der Waals surface area contributed by atoms with Crippen LogP contribution in [0, 0.1) is 6.92 Å². The van der Waals surface area contributed by atoms with Crippen molar-refractivity contribution in [2.24, 2.45) is 0 Å². The fourth-order valence-electron chi connectivity index (χ4n) is 2.53. The number of aromatic carboxylic acids is 1. The number of hydrogen-bond acceptors (Lipinski definition) is 3. The summed E-state index contributed by atoms with van der Waals surface area (Å²) in [7, 11) is 0. The molecule has 0 aliphatic rings. The molecule has 2 aromatic carbocycles. The Labute approximate surface area is 146 Å². The highest BCUT2D eigenvalue weighted by molar-refractivity contribution is 9.10. The number of carbonyl (C=O) groups is 2. The fourth-order valence-corrected chi connectivity index (χ4v) is 2.89. The van der Waals surface area contributed by atoms with Crippen molar-refractivity contribution in [3.63, 3.8) is 0 Å². The number of amides is 1. The molecule has 0 bridgehead atoms. The molecule has 0 spiro atoms. The van der Waals surface area contributed by atoms with Gasteiger partial charge in [0.2, 0.25) is 5.91 Å². The van der Waals surface area contributed by atoms with Gasteiger partial charge in [-0.3, -0.25) is 4.79 Å². The molecule has 0 radical (unpaired) electrons.